The fourth-order valence-corrected chi connectivity index (χ4v) is 3.70. The van der Waals surface area contributed by atoms with Crippen LogP contribution in [0.25, 0.3) is 0 Å². The van der Waals surface area contributed by atoms with E-state index in [1.54, 1.807) is 24.3 Å². The summed E-state index contributed by atoms with van der Waals surface area (Å²) in [4.78, 5) is 0.301. The lowest BCUT2D eigenvalue weighted by Gasteiger charge is -2.30. The van der Waals surface area contributed by atoms with Crippen molar-refractivity contribution in [3.05, 3.63) is 29.8 Å². The third-order valence-electron chi connectivity index (χ3n) is 4.45. The SMILES string of the molecule is C/C(=N/NC(=S)N[C@@H]1CCCC[C@@H]1C)c1ccc(S(C)(=O)=O)cc1. The maximum atomic E-state index is 11.5. The van der Waals surface area contributed by atoms with Crippen molar-refractivity contribution >= 4 is 32.9 Å². The van der Waals surface area contributed by atoms with Gasteiger partial charge in [0.25, 0.3) is 0 Å². The van der Waals surface area contributed by atoms with Gasteiger partial charge in [-0.25, -0.2) is 8.42 Å². The van der Waals surface area contributed by atoms with Crippen LogP contribution in [0.2, 0.25) is 0 Å². The molecule has 0 aliphatic heterocycles. The van der Waals surface area contributed by atoms with Crippen LogP contribution in [0.5, 0.6) is 0 Å². The molecule has 2 atom stereocenters. The smallest absolute Gasteiger partial charge is 0.187 e. The van der Waals surface area contributed by atoms with Crippen LogP contribution in [-0.4, -0.2) is 31.5 Å². The van der Waals surface area contributed by atoms with E-state index in [9.17, 15) is 8.42 Å². The molecule has 0 aromatic heterocycles. The van der Waals surface area contributed by atoms with Gasteiger partial charge in [-0.05, 0) is 55.6 Å². The zero-order valence-electron chi connectivity index (χ0n) is 14.4. The molecule has 1 aromatic carbocycles. The summed E-state index contributed by atoms with van der Waals surface area (Å²) in [6.45, 7) is 4.10. The Balaban J connectivity index is 1.94. The highest BCUT2D eigenvalue weighted by molar-refractivity contribution is 7.90. The van der Waals surface area contributed by atoms with Crippen LogP contribution in [-0.2, 0) is 9.84 Å². The lowest BCUT2D eigenvalue weighted by atomic mass is 9.86. The molecule has 7 heteroatoms. The van der Waals surface area contributed by atoms with Crippen LogP contribution < -0.4 is 10.7 Å². The number of hydrazone groups is 1. The van der Waals surface area contributed by atoms with Gasteiger partial charge in [-0.15, -0.1) is 0 Å². The first kappa shape index (κ1) is 18.9. The second-order valence-corrected chi connectivity index (χ2v) is 8.87. The highest BCUT2D eigenvalue weighted by atomic mass is 32.2. The largest absolute Gasteiger partial charge is 0.358 e. The van der Waals surface area contributed by atoms with Crippen molar-refractivity contribution in [3.63, 3.8) is 0 Å². The Kier molecular flexibility index (Phi) is 6.34. The summed E-state index contributed by atoms with van der Waals surface area (Å²) < 4.78 is 23.0. The van der Waals surface area contributed by atoms with Crippen molar-refractivity contribution < 1.29 is 8.42 Å². The summed E-state index contributed by atoms with van der Waals surface area (Å²) in [5, 5.41) is 8.16. The van der Waals surface area contributed by atoms with Crippen molar-refractivity contribution in [2.24, 2.45) is 11.0 Å². The average molecular weight is 368 g/mol. The Morgan fingerprint density at radius 1 is 1.21 bits per heavy atom. The zero-order chi connectivity index (χ0) is 17.7. The number of nitrogens with one attached hydrogen (secondary N) is 2. The first-order chi connectivity index (χ1) is 11.3. The minimum atomic E-state index is -3.18. The fraction of sp³-hybridized carbons (Fsp3) is 0.529. The molecule has 0 unspecified atom stereocenters. The van der Waals surface area contributed by atoms with Gasteiger partial charge in [0.15, 0.2) is 14.9 Å². The molecule has 1 aliphatic carbocycles. The van der Waals surface area contributed by atoms with E-state index in [2.05, 4.69) is 22.8 Å². The van der Waals surface area contributed by atoms with Gasteiger partial charge in [0.1, 0.15) is 0 Å². The number of hydrogen-bond donors (Lipinski definition) is 2. The van der Waals surface area contributed by atoms with Gasteiger partial charge < -0.3 is 5.32 Å². The summed E-state index contributed by atoms with van der Waals surface area (Å²) in [5.41, 5.74) is 4.48. The number of thiocarbonyl (C=S) groups is 1. The van der Waals surface area contributed by atoms with E-state index in [4.69, 9.17) is 12.2 Å². The van der Waals surface area contributed by atoms with Crippen LogP contribution in [0, 0.1) is 5.92 Å². The predicted octanol–water partition coefficient (Wildman–Crippen LogP) is 2.86. The standard InChI is InChI=1S/C17H25N3O2S2/c1-12-6-4-5-7-16(12)18-17(23)20-19-13(2)14-8-10-15(11-9-14)24(3,21)22/h8-12,16H,4-7H2,1-3H3,(H2,18,20,23)/b19-13-/t12-,16+/m0/s1. The minimum absolute atomic E-state index is 0.301. The molecule has 0 radical (unpaired) electrons. The van der Waals surface area contributed by atoms with Crippen LogP contribution >= 0.6 is 12.2 Å². The molecule has 1 saturated carbocycles. The van der Waals surface area contributed by atoms with E-state index in [0.29, 0.717) is 22.0 Å². The highest BCUT2D eigenvalue weighted by Gasteiger charge is 2.21. The molecule has 2 N–H and O–H groups in total. The van der Waals surface area contributed by atoms with E-state index < -0.39 is 9.84 Å². The molecule has 0 saturated heterocycles. The normalized spacial score (nSPS) is 22.0. The third kappa shape index (κ3) is 5.27. The molecule has 5 nitrogen and oxygen atoms in total. The summed E-state index contributed by atoms with van der Waals surface area (Å²) in [5.74, 6) is 0.618. The molecular formula is C17H25N3O2S2. The molecule has 0 heterocycles. The number of sulfone groups is 1. The summed E-state index contributed by atoms with van der Waals surface area (Å²) in [6.07, 6.45) is 6.09. The second-order valence-electron chi connectivity index (χ2n) is 6.45. The van der Waals surface area contributed by atoms with E-state index in [0.717, 1.165) is 17.7 Å². The first-order valence-electron chi connectivity index (χ1n) is 8.18. The van der Waals surface area contributed by atoms with Crippen LogP contribution in [0.3, 0.4) is 0 Å². The average Bonchev–Trinajstić information content (AvgIpc) is 2.54. The van der Waals surface area contributed by atoms with Crippen LogP contribution in [0.4, 0.5) is 0 Å². The van der Waals surface area contributed by atoms with Gasteiger partial charge in [-0.3, -0.25) is 5.43 Å². The third-order valence-corrected chi connectivity index (χ3v) is 5.79. The van der Waals surface area contributed by atoms with Crippen molar-refractivity contribution in [1.82, 2.24) is 10.7 Å². The van der Waals surface area contributed by atoms with Crippen molar-refractivity contribution in [2.45, 2.75) is 50.5 Å². The Labute approximate surface area is 149 Å². The van der Waals surface area contributed by atoms with Crippen LogP contribution in [0.1, 0.15) is 45.1 Å². The second kappa shape index (κ2) is 8.07. The molecule has 2 rings (SSSR count). The monoisotopic (exact) mass is 367 g/mol. The maximum absolute atomic E-state index is 11.5. The highest BCUT2D eigenvalue weighted by Crippen LogP contribution is 2.23. The van der Waals surface area contributed by atoms with Gasteiger partial charge in [-0.2, -0.15) is 5.10 Å². The Hall–Kier alpha value is -1.47. The molecule has 132 valence electrons. The van der Waals surface area contributed by atoms with Gasteiger partial charge in [0, 0.05) is 12.3 Å². The predicted molar refractivity (Wildman–Crippen MR) is 102 cm³/mol. The lowest BCUT2D eigenvalue weighted by Crippen LogP contribution is -2.44. The summed E-state index contributed by atoms with van der Waals surface area (Å²) >= 11 is 5.32. The van der Waals surface area contributed by atoms with E-state index in [1.165, 1.54) is 25.5 Å². The fourth-order valence-electron chi connectivity index (χ4n) is 2.87. The van der Waals surface area contributed by atoms with E-state index >= 15 is 0 Å². The Bertz CT molecular complexity index is 712. The molecule has 0 spiro atoms. The summed E-state index contributed by atoms with van der Waals surface area (Å²) in [7, 11) is -3.18. The van der Waals surface area contributed by atoms with Gasteiger partial charge >= 0.3 is 0 Å². The van der Waals surface area contributed by atoms with E-state index in [-0.39, 0.29) is 0 Å². The quantitative estimate of drug-likeness (QED) is 0.486. The van der Waals surface area contributed by atoms with Crippen LogP contribution in [0.15, 0.2) is 34.3 Å². The minimum Gasteiger partial charge on any atom is -0.358 e. The number of benzene rings is 1. The van der Waals surface area contributed by atoms with Crippen molar-refractivity contribution in [3.8, 4) is 0 Å². The maximum Gasteiger partial charge on any atom is 0.187 e. The summed E-state index contributed by atoms with van der Waals surface area (Å²) in [6, 6.07) is 7.07. The molecule has 0 bridgehead atoms. The first-order valence-corrected chi connectivity index (χ1v) is 10.5. The molecule has 24 heavy (non-hydrogen) atoms. The van der Waals surface area contributed by atoms with Gasteiger partial charge in [0.2, 0.25) is 0 Å². The molecule has 1 aliphatic rings. The van der Waals surface area contributed by atoms with Gasteiger partial charge in [0.05, 0.1) is 10.6 Å². The van der Waals surface area contributed by atoms with Crippen molar-refractivity contribution in [2.75, 3.05) is 6.26 Å². The molecule has 1 fully saturated rings. The topological polar surface area (TPSA) is 70.6 Å². The number of nitrogens with zero attached hydrogens (tertiary/aromatic N) is 1. The number of rotatable bonds is 4. The number of hydrogen-bond acceptors (Lipinski definition) is 4. The van der Waals surface area contributed by atoms with E-state index in [1.807, 2.05) is 6.92 Å². The lowest BCUT2D eigenvalue weighted by molar-refractivity contribution is 0.308. The Morgan fingerprint density at radius 3 is 2.42 bits per heavy atom. The molecular weight excluding hydrogens is 342 g/mol. The Morgan fingerprint density at radius 2 is 1.83 bits per heavy atom. The molecule has 1 aromatic rings. The zero-order valence-corrected chi connectivity index (χ0v) is 16.0. The van der Waals surface area contributed by atoms with Crippen molar-refractivity contribution in [1.29, 1.82) is 0 Å². The van der Waals surface area contributed by atoms with Gasteiger partial charge in [-0.1, -0.05) is 31.9 Å². The molecule has 0 amide bonds.